The zero-order chi connectivity index (χ0) is 13.8. The lowest BCUT2D eigenvalue weighted by Gasteiger charge is -2.25. The Bertz CT molecular complexity index is 571. The van der Waals surface area contributed by atoms with E-state index in [2.05, 4.69) is 4.98 Å². The molecule has 98 valence electrons. The van der Waals surface area contributed by atoms with Gasteiger partial charge in [0.2, 0.25) is 0 Å². The molecule has 1 atom stereocenters. The molecule has 0 aliphatic heterocycles. The number of rotatable bonds is 3. The van der Waals surface area contributed by atoms with Crippen LogP contribution >= 0.6 is 11.6 Å². The maximum absolute atomic E-state index is 12.4. The Labute approximate surface area is 117 Å². The molecule has 1 heterocycles. The lowest BCUT2D eigenvalue weighted by Crippen LogP contribution is -2.29. The SMILES string of the molecule is CC(c1ccccc1)N(C)C(=O)c1cnccc1Cl. The van der Waals surface area contributed by atoms with Crippen LogP contribution in [0.4, 0.5) is 0 Å². The second kappa shape index (κ2) is 5.85. The van der Waals surface area contributed by atoms with E-state index >= 15 is 0 Å². The van der Waals surface area contributed by atoms with Crippen LogP contribution in [0.2, 0.25) is 5.02 Å². The largest absolute Gasteiger partial charge is 0.335 e. The number of nitrogens with zero attached hydrogens (tertiary/aromatic N) is 2. The van der Waals surface area contributed by atoms with Crippen LogP contribution in [0.25, 0.3) is 0 Å². The maximum atomic E-state index is 12.4. The zero-order valence-corrected chi connectivity index (χ0v) is 11.6. The Balaban J connectivity index is 2.23. The maximum Gasteiger partial charge on any atom is 0.257 e. The first-order valence-corrected chi connectivity index (χ1v) is 6.40. The second-order valence-electron chi connectivity index (χ2n) is 4.36. The molecule has 0 saturated carbocycles. The van der Waals surface area contributed by atoms with Crippen LogP contribution in [0.3, 0.4) is 0 Å². The highest BCUT2D eigenvalue weighted by Crippen LogP contribution is 2.22. The van der Waals surface area contributed by atoms with Crippen LogP contribution in [0.5, 0.6) is 0 Å². The number of pyridine rings is 1. The Morgan fingerprint density at radius 2 is 1.95 bits per heavy atom. The van der Waals surface area contributed by atoms with Gasteiger partial charge >= 0.3 is 0 Å². The minimum absolute atomic E-state index is 0.0232. The molecule has 0 aliphatic carbocycles. The molecule has 2 aromatic rings. The highest BCUT2D eigenvalue weighted by Gasteiger charge is 2.20. The van der Waals surface area contributed by atoms with Gasteiger partial charge in [-0.05, 0) is 18.6 Å². The summed E-state index contributed by atoms with van der Waals surface area (Å²) < 4.78 is 0. The first-order valence-electron chi connectivity index (χ1n) is 6.03. The molecule has 0 spiro atoms. The van der Waals surface area contributed by atoms with Crippen molar-refractivity contribution in [1.82, 2.24) is 9.88 Å². The summed E-state index contributed by atoms with van der Waals surface area (Å²) in [5.74, 6) is -0.130. The molecule has 0 N–H and O–H groups in total. The van der Waals surface area contributed by atoms with Gasteiger partial charge in [-0.25, -0.2) is 0 Å². The van der Waals surface area contributed by atoms with Crippen LogP contribution in [-0.2, 0) is 0 Å². The lowest BCUT2D eigenvalue weighted by atomic mass is 10.1. The Morgan fingerprint density at radius 1 is 1.26 bits per heavy atom. The third-order valence-corrected chi connectivity index (χ3v) is 3.51. The van der Waals surface area contributed by atoms with Crippen LogP contribution in [0.15, 0.2) is 48.8 Å². The van der Waals surface area contributed by atoms with Gasteiger partial charge < -0.3 is 4.90 Å². The molecule has 0 bridgehead atoms. The molecule has 1 aromatic heterocycles. The predicted octanol–water partition coefficient (Wildman–Crippen LogP) is 3.57. The van der Waals surface area contributed by atoms with E-state index in [1.807, 2.05) is 37.3 Å². The Kier molecular flexibility index (Phi) is 4.17. The number of amides is 1. The highest BCUT2D eigenvalue weighted by molar-refractivity contribution is 6.33. The number of halogens is 1. The fourth-order valence-electron chi connectivity index (χ4n) is 1.86. The second-order valence-corrected chi connectivity index (χ2v) is 4.77. The first-order chi connectivity index (χ1) is 9.11. The Hall–Kier alpha value is -1.87. The van der Waals surface area contributed by atoms with E-state index in [4.69, 9.17) is 11.6 Å². The van der Waals surface area contributed by atoms with Crippen LogP contribution in [0.1, 0.15) is 28.9 Å². The van der Waals surface area contributed by atoms with Gasteiger partial charge in [-0.1, -0.05) is 41.9 Å². The van der Waals surface area contributed by atoms with Crippen molar-refractivity contribution < 1.29 is 4.79 Å². The molecule has 0 fully saturated rings. The van der Waals surface area contributed by atoms with E-state index in [0.717, 1.165) is 5.56 Å². The monoisotopic (exact) mass is 274 g/mol. The molecule has 3 nitrogen and oxygen atoms in total. The quantitative estimate of drug-likeness (QED) is 0.857. The highest BCUT2D eigenvalue weighted by atomic mass is 35.5. The van der Waals surface area contributed by atoms with E-state index in [1.165, 1.54) is 6.20 Å². The summed E-state index contributed by atoms with van der Waals surface area (Å²) in [7, 11) is 1.77. The van der Waals surface area contributed by atoms with Gasteiger partial charge in [0.05, 0.1) is 16.6 Å². The van der Waals surface area contributed by atoms with E-state index < -0.39 is 0 Å². The van der Waals surface area contributed by atoms with Crippen LogP contribution in [0, 0.1) is 0 Å². The van der Waals surface area contributed by atoms with Gasteiger partial charge in [-0.2, -0.15) is 0 Å². The summed E-state index contributed by atoms with van der Waals surface area (Å²) in [6, 6.07) is 11.5. The summed E-state index contributed by atoms with van der Waals surface area (Å²) in [6.45, 7) is 1.98. The number of benzene rings is 1. The fraction of sp³-hybridized carbons (Fsp3) is 0.200. The summed E-state index contributed by atoms with van der Waals surface area (Å²) in [5.41, 5.74) is 1.51. The van der Waals surface area contributed by atoms with Crippen LogP contribution in [-0.4, -0.2) is 22.8 Å². The lowest BCUT2D eigenvalue weighted by molar-refractivity contribution is 0.0742. The molecule has 1 aromatic carbocycles. The third kappa shape index (κ3) is 2.93. The van der Waals surface area contributed by atoms with Crippen molar-refractivity contribution in [3.8, 4) is 0 Å². The molecule has 4 heteroatoms. The summed E-state index contributed by atoms with van der Waals surface area (Å²) in [4.78, 5) is 18.0. The molecule has 1 amide bonds. The van der Waals surface area contributed by atoms with Crippen LogP contribution < -0.4 is 0 Å². The minimum Gasteiger partial charge on any atom is -0.335 e. The van der Waals surface area contributed by atoms with E-state index in [-0.39, 0.29) is 11.9 Å². The number of hydrogen-bond acceptors (Lipinski definition) is 2. The number of aromatic nitrogens is 1. The van der Waals surface area contributed by atoms with Gasteiger partial charge in [-0.15, -0.1) is 0 Å². The topological polar surface area (TPSA) is 33.2 Å². The smallest absolute Gasteiger partial charge is 0.257 e. The minimum atomic E-state index is -0.130. The molecular formula is C15H15ClN2O. The van der Waals surface area contributed by atoms with Gasteiger partial charge in [0, 0.05) is 19.4 Å². The predicted molar refractivity (Wildman–Crippen MR) is 76.2 cm³/mol. The average molecular weight is 275 g/mol. The Morgan fingerprint density at radius 3 is 2.58 bits per heavy atom. The van der Waals surface area contributed by atoms with Crippen molar-refractivity contribution in [2.45, 2.75) is 13.0 Å². The standard InChI is InChI=1S/C15H15ClN2O/c1-11(12-6-4-3-5-7-12)18(2)15(19)13-10-17-9-8-14(13)16/h3-11H,1-2H3. The van der Waals surface area contributed by atoms with Crippen molar-refractivity contribution >= 4 is 17.5 Å². The molecule has 0 saturated heterocycles. The average Bonchev–Trinajstić information content (AvgIpc) is 2.46. The summed E-state index contributed by atoms with van der Waals surface area (Å²) in [5, 5.41) is 0.423. The molecule has 0 radical (unpaired) electrons. The molecule has 0 aliphatic rings. The van der Waals surface area contributed by atoms with E-state index in [9.17, 15) is 4.79 Å². The summed E-state index contributed by atoms with van der Waals surface area (Å²) >= 11 is 6.03. The van der Waals surface area contributed by atoms with E-state index in [0.29, 0.717) is 10.6 Å². The molecule has 19 heavy (non-hydrogen) atoms. The normalized spacial score (nSPS) is 11.9. The molecular weight excluding hydrogens is 260 g/mol. The van der Waals surface area contributed by atoms with Gasteiger partial charge in [-0.3, -0.25) is 9.78 Å². The van der Waals surface area contributed by atoms with Crippen molar-refractivity contribution in [3.05, 3.63) is 64.9 Å². The molecule has 1 unspecified atom stereocenters. The first kappa shape index (κ1) is 13.6. The van der Waals surface area contributed by atoms with Crippen molar-refractivity contribution in [3.63, 3.8) is 0 Å². The third-order valence-electron chi connectivity index (χ3n) is 3.18. The van der Waals surface area contributed by atoms with Crippen molar-refractivity contribution in [2.75, 3.05) is 7.05 Å². The van der Waals surface area contributed by atoms with Crippen molar-refractivity contribution in [2.24, 2.45) is 0 Å². The number of carbonyl (C=O) groups excluding carboxylic acids is 1. The molecule has 2 rings (SSSR count). The fourth-order valence-corrected chi connectivity index (χ4v) is 2.04. The summed E-state index contributed by atoms with van der Waals surface area (Å²) in [6.07, 6.45) is 3.07. The van der Waals surface area contributed by atoms with Gasteiger partial charge in [0.15, 0.2) is 0 Å². The van der Waals surface area contributed by atoms with Crippen molar-refractivity contribution in [1.29, 1.82) is 0 Å². The van der Waals surface area contributed by atoms with E-state index in [1.54, 1.807) is 24.2 Å². The number of hydrogen-bond donors (Lipinski definition) is 0. The van der Waals surface area contributed by atoms with Gasteiger partial charge in [0.25, 0.3) is 5.91 Å². The van der Waals surface area contributed by atoms with Gasteiger partial charge in [0.1, 0.15) is 0 Å². The zero-order valence-electron chi connectivity index (χ0n) is 10.9. The number of carbonyl (C=O) groups is 1.